The molecule has 2 aromatic heterocycles. The van der Waals surface area contributed by atoms with E-state index in [0.717, 1.165) is 50.1 Å². The van der Waals surface area contributed by atoms with Crippen LogP contribution in [0, 0.1) is 0 Å². The lowest BCUT2D eigenvalue weighted by molar-refractivity contribution is 0.669. The molecular weight excluding hydrogens is 759 g/mol. The largest absolute Gasteiger partial charge is 0.456 e. The molecule has 2 nitrogen and oxygen atoms in total. The molecule has 12 aromatic rings. The topological polar surface area (TPSA) is 16.4 Å². The van der Waals surface area contributed by atoms with Crippen LogP contribution in [0.4, 0.5) is 17.1 Å². The zero-order valence-electron chi connectivity index (χ0n) is 33.1. The average Bonchev–Trinajstić information content (AvgIpc) is 3.90. The number of thiophene rings is 1. The number of hydrogen-bond donors (Lipinski definition) is 0. The Morgan fingerprint density at radius 2 is 0.885 bits per heavy atom. The lowest BCUT2D eigenvalue weighted by Gasteiger charge is -2.28. The number of fused-ring (bicyclic) bond motifs is 7. The highest BCUT2D eigenvalue weighted by molar-refractivity contribution is 7.25. The van der Waals surface area contributed by atoms with Crippen molar-refractivity contribution < 1.29 is 4.42 Å². The van der Waals surface area contributed by atoms with Gasteiger partial charge in [0.25, 0.3) is 0 Å². The summed E-state index contributed by atoms with van der Waals surface area (Å²) >= 11 is 1.86. The second-order valence-electron chi connectivity index (χ2n) is 15.7. The van der Waals surface area contributed by atoms with Crippen LogP contribution in [0.25, 0.3) is 97.4 Å². The van der Waals surface area contributed by atoms with E-state index >= 15 is 0 Å². The SMILES string of the molecule is c1cc(-c2ccc(N(c3ccc(-c4ccc5oc6ccccc6c5c4)cc3)c3ccccc3-c3ccc4c(c3)sc3ccccc34)cc2)cc(-c2ccc3ccccc3c2)c1. The predicted molar refractivity (Wildman–Crippen MR) is 261 cm³/mol. The number of hydrogen-bond acceptors (Lipinski definition) is 3. The van der Waals surface area contributed by atoms with Gasteiger partial charge in [0.2, 0.25) is 0 Å². The van der Waals surface area contributed by atoms with Gasteiger partial charge in [0.1, 0.15) is 11.2 Å². The van der Waals surface area contributed by atoms with Crippen LogP contribution in [0.2, 0.25) is 0 Å². The lowest BCUT2D eigenvalue weighted by atomic mass is 9.97. The minimum absolute atomic E-state index is 0.905. The van der Waals surface area contributed by atoms with Crippen molar-refractivity contribution in [3.63, 3.8) is 0 Å². The first-order chi connectivity index (χ1) is 30.2. The van der Waals surface area contributed by atoms with Gasteiger partial charge in [-0.1, -0.05) is 152 Å². The Balaban J connectivity index is 0.950. The minimum Gasteiger partial charge on any atom is -0.456 e. The van der Waals surface area contributed by atoms with Crippen molar-refractivity contribution in [2.45, 2.75) is 0 Å². The minimum atomic E-state index is 0.905. The Morgan fingerprint density at radius 1 is 0.311 bits per heavy atom. The maximum Gasteiger partial charge on any atom is 0.135 e. The molecule has 10 aromatic carbocycles. The van der Waals surface area contributed by atoms with Crippen LogP contribution in [0.15, 0.2) is 229 Å². The quantitative estimate of drug-likeness (QED) is 0.160. The van der Waals surface area contributed by atoms with E-state index in [1.165, 1.54) is 64.3 Å². The summed E-state index contributed by atoms with van der Waals surface area (Å²) in [6, 6.07) is 81.4. The molecule has 12 rings (SSSR count). The van der Waals surface area contributed by atoms with Crippen LogP contribution >= 0.6 is 11.3 Å². The summed E-state index contributed by atoms with van der Waals surface area (Å²) in [6.07, 6.45) is 0. The number of para-hydroxylation sites is 2. The first-order valence-electron chi connectivity index (χ1n) is 20.7. The smallest absolute Gasteiger partial charge is 0.135 e. The number of benzene rings is 10. The van der Waals surface area contributed by atoms with E-state index in [9.17, 15) is 0 Å². The lowest BCUT2D eigenvalue weighted by Crippen LogP contribution is -2.11. The second kappa shape index (κ2) is 14.5. The zero-order valence-corrected chi connectivity index (χ0v) is 33.9. The third kappa shape index (κ3) is 6.26. The Morgan fingerprint density at radius 3 is 1.70 bits per heavy atom. The monoisotopic (exact) mass is 795 g/mol. The maximum atomic E-state index is 6.15. The molecule has 2 heterocycles. The van der Waals surface area contributed by atoms with E-state index in [-0.39, 0.29) is 0 Å². The molecule has 0 bridgehead atoms. The first-order valence-corrected chi connectivity index (χ1v) is 21.5. The summed E-state index contributed by atoms with van der Waals surface area (Å²) < 4.78 is 8.76. The van der Waals surface area contributed by atoms with E-state index in [2.05, 4.69) is 217 Å². The average molecular weight is 796 g/mol. The zero-order chi connectivity index (χ0) is 40.3. The summed E-state index contributed by atoms with van der Waals surface area (Å²) in [5.41, 5.74) is 14.6. The molecule has 0 aliphatic carbocycles. The molecule has 3 heteroatoms. The van der Waals surface area contributed by atoms with Gasteiger partial charge in [0.05, 0.1) is 5.69 Å². The first kappa shape index (κ1) is 35.2. The van der Waals surface area contributed by atoms with Crippen LogP contribution in [0.1, 0.15) is 0 Å². The Hall–Kier alpha value is -7.72. The molecular formula is C58H37NOS. The van der Waals surface area contributed by atoms with Crippen molar-refractivity contribution in [1.29, 1.82) is 0 Å². The fraction of sp³-hybridized carbons (Fsp3) is 0. The fourth-order valence-corrected chi connectivity index (χ4v) is 10.1. The standard InChI is InChI=1S/C58H37NOS/c1-2-11-41-35-44(21-20-38(41)10-1)43-13-9-12-42(34-43)39-22-28-47(29-23-39)59(48-30-24-40(25-31-48)45-27-33-56-53(36-45)50-15-4-7-18-55(50)60-56)54-17-6-3-14-49(54)46-26-32-52-51-16-5-8-19-57(51)61-58(52)37-46/h1-37H. The van der Waals surface area contributed by atoms with Gasteiger partial charge in [-0.2, -0.15) is 0 Å². The molecule has 286 valence electrons. The summed E-state index contributed by atoms with van der Waals surface area (Å²) in [5.74, 6) is 0. The Kier molecular flexibility index (Phi) is 8.39. The van der Waals surface area contributed by atoms with Gasteiger partial charge in [-0.15, -0.1) is 11.3 Å². The highest BCUT2D eigenvalue weighted by Crippen LogP contribution is 2.44. The third-order valence-electron chi connectivity index (χ3n) is 12.1. The van der Waals surface area contributed by atoms with Crippen LogP contribution < -0.4 is 4.90 Å². The van der Waals surface area contributed by atoms with Gasteiger partial charge in [-0.25, -0.2) is 0 Å². The van der Waals surface area contributed by atoms with Crippen LogP contribution in [0.3, 0.4) is 0 Å². The summed E-state index contributed by atoms with van der Waals surface area (Å²) in [7, 11) is 0. The summed E-state index contributed by atoms with van der Waals surface area (Å²) in [5, 5.41) is 7.38. The second-order valence-corrected chi connectivity index (χ2v) is 16.8. The summed E-state index contributed by atoms with van der Waals surface area (Å²) in [6.45, 7) is 0. The van der Waals surface area contributed by atoms with Crippen LogP contribution in [-0.2, 0) is 0 Å². The molecule has 0 unspecified atom stereocenters. The highest BCUT2D eigenvalue weighted by atomic mass is 32.1. The molecule has 0 amide bonds. The van der Waals surface area contributed by atoms with Gasteiger partial charge in [-0.3, -0.25) is 0 Å². The molecule has 0 fully saturated rings. The van der Waals surface area contributed by atoms with E-state index in [0.29, 0.717) is 0 Å². The molecule has 0 aliphatic heterocycles. The van der Waals surface area contributed by atoms with Crippen LogP contribution in [-0.4, -0.2) is 0 Å². The van der Waals surface area contributed by atoms with Crippen molar-refractivity contribution in [3.05, 3.63) is 224 Å². The van der Waals surface area contributed by atoms with E-state index < -0.39 is 0 Å². The number of anilines is 3. The van der Waals surface area contributed by atoms with E-state index in [1.54, 1.807) is 0 Å². The molecule has 0 radical (unpaired) electrons. The maximum absolute atomic E-state index is 6.15. The molecule has 0 atom stereocenters. The number of nitrogens with zero attached hydrogens (tertiary/aromatic N) is 1. The number of furan rings is 1. The highest BCUT2D eigenvalue weighted by Gasteiger charge is 2.19. The Bertz CT molecular complexity index is 3590. The van der Waals surface area contributed by atoms with E-state index in [1.807, 2.05) is 23.5 Å². The van der Waals surface area contributed by atoms with Crippen LogP contribution in [0.5, 0.6) is 0 Å². The van der Waals surface area contributed by atoms with Gasteiger partial charge in [-0.05, 0) is 123 Å². The van der Waals surface area contributed by atoms with Crippen molar-refractivity contribution in [3.8, 4) is 44.5 Å². The molecule has 0 saturated heterocycles. The predicted octanol–water partition coefficient (Wildman–Crippen LogP) is 17.2. The van der Waals surface area contributed by atoms with Crippen molar-refractivity contribution >= 4 is 81.3 Å². The van der Waals surface area contributed by atoms with E-state index in [4.69, 9.17) is 4.42 Å². The number of rotatable bonds is 7. The Labute approximate surface area is 357 Å². The molecule has 0 spiro atoms. The van der Waals surface area contributed by atoms with Crippen molar-refractivity contribution in [1.82, 2.24) is 0 Å². The van der Waals surface area contributed by atoms with Gasteiger partial charge >= 0.3 is 0 Å². The van der Waals surface area contributed by atoms with Gasteiger partial charge in [0, 0.05) is 47.9 Å². The molecule has 61 heavy (non-hydrogen) atoms. The summed E-state index contributed by atoms with van der Waals surface area (Å²) in [4.78, 5) is 2.40. The van der Waals surface area contributed by atoms with Crippen molar-refractivity contribution in [2.75, 3.05) is 4.90 Å². The van der Waals surface area contributed by atoms with Gasteiger partial charge in [0.15, 0.2) is 0 Å². The molecule has 0 aliphatic rings. The molecule has 0 saturated carbocycles. The van der Waals surface area contributed by atoms with Gasteiger partial charge < -0.3 is 9.32 Å². The van der Waals surface area contributed by atoms with Crippen molar-refractivity contribution in [2.24, 2.45) is 0 Å². The molecule has 0 N–H and O–H groups in total. The normalized spacial score (nSPS) is 11.6. The third-order valence-corrected chi connectivity index (χ3v) is 13.2. The fourth-order valence-electron chi connectivity index (χ4n) is 8.99.